The van der Waals surface area contributed by atoms with Gasteiger partial charge < -0.3 is 14.5 Å². The van der Waals surface area contributed by atoms with E-state index >= 15 is 0 Å². The van der Waals surface area contributed by atoms with E-state index in [0.717, 1.165) is 24.6 Å². The van der Waals surface area contributed by atoms with Crippen LogP contribution in [0, 0.1) is 0 Å². The van der Waals surface area contributed by atoms with Crippen LogP contribution in [0.4, 0.5) is 0 Å². The highest BCUT2D eigenvalue weighted by molar-refractivity contribution is 7.13. The van der Waals surface area contributed by atoms with Crippen LogP contribution in [0.2, 0.25) is 0 Å². The van der Waals surface area contributed by atoms with E-state index in [-0.39, 0.29) is 18.1 Å². The van der Waals surface area contributed by atoms with Crippen LogP contribution < -0.4 is 5.32 Å². The molecule has 3 heterocycles. The fraction of sp³-hybridized carbons (Fsp3) is 0.500. The van der Waals surface area contributed by atoms with E-state index in [1.165, 1.54) is 11.3 Å². The smallest absolute Gasteiger partial charge is 0.270 e. The second kappa shape index (κ2) is 7.25. The maximum atomic E-state index is 12.2. The quantitative estimate of drug-likeness (QED) is 0.908. The van der Waals surface area contributed by atoms with Gasteiger partial charge in [-0.3, -0.25) is 9.69 Å². The predicted molar refractivity (Wildman–Crippen MR) is 88.6 cm³/mol. The van der Waals surface area contributed by atoms with Crippen LogP contribution in [-0.2, 0) is 4.74 Å². The maximum Gasteiger partial charge on any atom is 0.270 e. The first-order valence-electron chi connectivity index (χ1n) is 7.77. The molecular formula is C16H21N3O3S. The van der Waals surface area contributed by atoms with Crippen LogP contribution in [0.25, 0.3) is 10.8 Å². The number of ether oxygens (including phenoxy) is 1. The highest BCUT2D eigenvalue weighted by atomic mass is 32.1. The summed E-state index contributed by atoms with van der Waals surface area (Å²) < 4.78 is 11.0. The van der Waals surface area contributed by atoms with Crippen molar-refractivity contribution in [1.82, 2.24) is 15.2 Å². The van der Waals surface area contributed by atoms with E-state index in [2.05, 4.69) is 29.0 Å². The molecule has 1 fully saturated rings. The summed E-state index contributed by atoms with van der Waals surface area (Å²) in [6.07, 6.45) is 2.08. The second-order valence-electron chi connectivity index (χ2n) is 5.79. The van der Waals surface area contributed by atoms with Crippen LogP contribution >= 0.6 is 11.3 Å². The summed E-state index contributed by atoms with van der Waals surface area (Å²) >= 11 is 1.41. The van der Waals surface area contributed by atoms with Crippen LogP contribution in [0.1, 0.15) is 24.3 Å². The van der Waals surface area contributed by atoms with Gasteiger partial charge in [-0.25, -0.2) is 4.98 Å². The molecule has 2 unspecified atom stereocenters. The molecule has 0 aliphatic carbocycles. The molecule has 23 heavy (non-hydrogen) atoms. The van der Waals surface area contributed by atoms with Crippen molar-refractivity contribution in [1.29, 1.82) is 0 Å². The first kappa shape index (κ1) is 16.2. The number of rotatable bonds is 5. The molecule has 124 valence electrons. The minimum Gasteiger partial charge on any atom is -0.462 e. The Morgan fingerprint density at radius 1 is 1.43 bits per heavy atom. The monoisotopic (exact) mass is 335 g/mol. The summed E-state index contributed by atoms with van der Waals surface area (Å²) in [5.74, 6) is 0.541. The van der Waals surface area contributed by atoms with E-state index in [1.807, 2.05) is 6.07 Å². The molecule has 1 amide bonds. The summed E-state index contributed by atoms with van der Waals surface area (Å²) in [6.45, 7) is 7.38. The molecule has 1 aliphatic rings. The van der Waals surface area contributed by atoms with Crippen molar-refractivity contribution < 1.29 is 13.9 Å². The molecular weight excluding hydrogens is 314 g/mol. The number of amides is 1. The van der Waals surface area contributed by atoms with Crippen LogP contribution in [-0.4, -0.2) is 54.2 Å². The fourth-order valence-corrected chi connectivity index (χ4v) is 3.54. The van der Waals surface area contributed by atoms with Crippen LogP contribution in [0.5, 0.6) is 0 Å². The van der Waals surface area contributed by atoms with E-state index in [9.17, 15) is 4.79 Å². The zero-order valence-electron chi connectivity index (χ0n) is 13.3. The number of hydrogen-bond donors (Lipinski definition) is 1. The molecule has 6 nitrogen and oxygen atoms in total. The van der Waals surface area contributed by atoms with Crippen molar-refractivity contribution in [2.45, 2.75) is 26.1 Å². The van der Waals surface area contributed by atoms with E-state index < -0.39 is 0 Å². The Kier molecular flexibility index (Phi) is 5.09. The molecule has 0 spiro atoms. The Labute approximate surface area is 139 Å². The highest BCUT2D eigenvalue weighted by Gasteiger charge is 2.22. The van der Waals surface area contributed by atoms with Gasteiger partial charge >= 0.3 is 0 Å². The van der Waals surface area contributed by atoms with Gasteiger partial charge in [0.05, 0.1) is 18.5 Å². The average Bonchev–Trinajstić information content (AvgIpc) is 3.17. The van der Waals surface area contributed by atoms with Crippen LogP contribution in [0.15, 0.2) is 28.2 Å². The third-order valence-corrected chi connectivity index (χ3v) is 4.53. The van der Waals surface area contributed by atoms with Gasteiger partial charge in [-0.2, -0.15) is 0 Å². The maximum absolute atomic E-state index is 12.2. The summed E-state index contributed by atoms with van der Waals surface area (Å²) in [7, 11) is 0. The zero-order valence-corrected chi connectivity index (χ0v) is 14.1. The number of nitrogens with one attached hydrogen (secondary N) is 1. The minimum absolute atomic E-state index is 0.145. The summed E-state index contributed by atoms with van der Waals surface area (Å²) in [6, 6.07) is 3.64. The highest BCUT2D eigenvalue weighted by Crippen LogP contribution is 2.23. The minimum atomic E-state index is -0.145. The SMILES string of the molecule is CC1CN(CCNC(=O)c2csc(-c3ccco3)n2)CC(C)O1. The lowest BCUT2D eigenvalue weighted by atomic mass is 10.2. The molecule has 2 aromatic rings. The predicted octanol–water partition coefficient (Wildman–Crippen LogP) is 2.24. The van der Waals surface area contributed by atoms with Gasteiger partial charge in [-0.1, -0.05) is 0 Å². The first-order chi connectivity index (χ1) is 11.1. The average molecular weight is 335 g/mol. The van der Waals surface area contributed by atoms with Gasteiger partial charge in [0.1, 0.15) is 5.69 Å². The fourth-order valence-electron chi connectivity index (χ4n) is 2.78. The molecule has 0 bridgehead atoms. The number of furan rings is 1. The normalized spacial score (nSPS) is 22.2. The van der Waals surface area contributed by atoms with Gasteiger partial charge in [-0.05, 0) is 26.0 Å². The van der Waals surface area contributed by atoms with Crippen LogP contribution in [0.3, 0.4) is 0 Å². The number of thiazole rings is 1. The number of aromatic nitrogens is 1. The number of morpholine rings is 1. The lowest BCUT2D eigenvalue weighted by molar-refractivity contribution is -0.0672. The van der Waals surface area contributed by atoms with Crippen molar-refractivity contribution in [3.8, 4) is 10.8 Å². The van der Waals surface area contributed by atoms with Gasteiger partial charge in [0, 0.05) is 31.6 Å². The van der Waals surface area contributed by atoms with Crippen molar-refractivity contribution in [2.24, 2.45) is 0 Å². The summed E-state index contributed by atoms with van der Waals surface area (Å²) in [5.41, 5.74) is 0.435. The molecule has 1 N–H and O–H groups in total. The lowest BCUT2D eigenvalue weighted by Gasteiger charge is -2.35. The Bertz CT molecular complexity index is 631. The molecule has 2 aromatic heterocycles. The first-order valence-corrected chi connectivity index (χ1v) is 8.65. The number of hydrogen-bond acceptors (Lipinski definition) is 6. The summed E-state index contributed by atoms with van der Waals surface area (Å²) in [5, 5.41) is 5.40. The summed E-state index contributed by atoms with van der Waals surface area (Å²) in [4.78, 5) is 18.8. The Balaban J connectivity index is 1.48. The van der Waals surface area contributed by atoms with Gasteiger partial charge in [0.2, 0.25) is 0 Å². The van der Waals surface area contributed by atoms with E-state index in [4.69, 9.17) is 9.15 Å². The van der Waals surface area contributed by atoms with Gasteiger partial charge in [-0.15, -0.1) is 11.3 Å². The molecule has 7 heteroatoms. The molecule has 1 saturated heterocycles. The Morgan fingerprint density at radius 3 is 2.91 bits per heavy atom. The number of carbonyl (C=O) groups is 1. The number of carbonyl (C=O) groups excluding carboxylic acids is 1. The van der Waals surface area contributed by atoms with Crippen molar-refractivity contribution in [2.75, 3.05) is 26.2 Å². The topological polar surface area (TPSA) is 67.6 Å². The lowest BCUT2D eigenvalue weighted by Crippen LogP contribution is -2.47. The molecule has 0 radical (unpaired) electrons. The molecule has 3 rings (SSSR count). The second-order valence-corrected chi connectivity index (χ2v) is 6.65. The molecule has 0 saturated carbocycles. The largest absolute Gasteiger partial charge is 0.462 e. The third kappa shape index (κ3) is 4.19. The third-order valence-electron chi connectivity index (χ3n) is 3.68. The molecule has 2 atom stereocenters. The van der Waals surface area contributed by atoms with Gasteiger partial charge in [0.15, 0.2) is 10.8 Å². The molecule has 0 aromatic carbocycles. The number of nitrogens with zero attached hydrogens (tertiary/aromatic N) is 2. The van der Waals surface area contributed by atoms with Crippen molar-refractivity contribution >= 4 is 17.2 Å². The standard InChI is InChI=1S/C16H21N3O3S/c1-11-8-19(9-12(2)22-11)6-5-17-15(20)13-10-23-16(18-13)14-4-3-7-21-14/h3-4,7,10-12H,5-6,8-9H2,1-2H3,(H,17,20). The Morgan fingerprint density at radius 2 is 2.22 bits per heavy atom. The van der Waals surface area contributed by atoms with Crippen molar-refractivity contribution in [3.05, 3.63) is 29.5 Å². The van der Waals surface area contributed by atoms with Gasteiger partial charge in [0.25, 0.3) is 5.91 Å². The van der Waals surface area contributed by atoms with E-state index in [0.29, 0.717) is 18.0 Å². The van der Waals surface area contributed by atoms with E-state index in [1.54, 1.807) is 17.7 Å². The van der Waals surface area contributed by atoms with Crippen molar-refractivity contribution in [3.63, 3.8) is 0 Å². The Hall–Kier alpha value is -1.70. The zero-order chi connectivity index (χ0) is 16.2. The molecule has 1 aliphatic heterocycles.